The SMILES string of the molecule is CC(NC(=O)c1nn(C)cc1N)C1CC1. The molecule has 1 unspecified atom stereocenters. The molecule has 15 heavy (non-hydrogen) atoms. The van der Waals surface area contributed by atoms with E-state index in [1.807, 2.05) is 6.92 Å². The highest BCUT2D eigenvalue weighted by Crippen LogP contribution is 2.32. The van der Waals surface area contributed by atoms with E-state index in [-0.39, 0.29) is 11.9 Å². The molecular weight excluding hydrogens is 192 g/mol. The minimum atomic E-state index is -0.174. The van der Waals surface area contributed by atoms with Crippen LogP contribution >= 0.6 is 0 Å². The van der Waals surface area contributed by atoms with Gasteiger partial charge in [-0.25, -0.2) is 0 Å². The van der Waals surface area contributed by atoms with Crippen molar-refractivity contribution in [1.82, 2.24) is 15.1 Å². The number of nitrogen functional groups attached to an aromatic ring is 1. The molecule has 1 aromatic heterocycles. The monoisotopic (exact) mass is 208 g/mol. The fourth-order valence-corrected chi connectivity index (χ4v) is 1.67. The van der Waals surface area contributed by atoms with Crippen LogP contribution in [0.2, 0.25) is 0 Å². The zero-order chi connectivity index (χ0) is 11.0. The van der Waals surface area contributed by atoms with Crippen molar-refractivity contribution in [3.8, 4) is 0 Å². The van der Waals surface area contributed by atoms with Gasteiger partial charge in [-0.2, -0.15) is 5.10 Å². The Hall–Kier alpha value is -1.52. The van der Waals surface area contributed by atoms with Crippen LogP contribution < -0.4 is 11.1 Å². The first kappa shape index (κ1) is 10.0. The summed E-state index contributed by atoms with van der Waals surface area (Å²) >= 11 is 0. The number of hydrogen-bond donors (Lipinski definition) is 2. The summed E-state index contributed by atoms with van der Waals surface area (Å²) in [6.45, 7) is 2.02. The molecule has 0 radical (unpaired) electrons. The Morgan fingerprint density at radius 1 is 1.73 bits per heavy atom. The van der Waals surface area contributed by atoms with E-state index in [4.69, 9.17) is 5.73 Å². The van der Waals surface area contributed by atoms with Crippen molar-refractivity contribution in [1.29, 1.82) is 0 Å². The normalized spacial score (nSPS) is 17.5. The molecular formula is C10H16N4O. The summed E-state index contributed by atoms with van der Waals surface area (Å²) in [7, 11) is 1.75. The number of aryl methyl sites for hydroxylation is 1. The van der Waals surface area contributed by atoms with Crippen molar-refractivity contribution in [2.45, 2.75) is 25.8 Å². The van der Waals surface area contributed by atoms with E-state index < -0.39 is 0 Å². The Kier molecular flexibility index (Phi) is 2.38. The number of amides is 1. The van der Waals surface area contributed by atoms with Gasteiger partial charge in [-0.1, -0.05) is 0 Å². The first-order valence-electron chi connectivity index (χ1n) is 5.18. The Morgan fingerprint density at radius 3 is 2.87 bits per heavy atom. The lowest BCUT2D eigenvalue weighted by Gasteiger charge is -2.11. The Morgan fingerprint density at radius 2 is 2.40 bits per heavy atom. The number of nitrogens with one attached hydrogen (secondary N) is 1. The predicted octanol–water partition coefficient (Wildman–Crippen LogP) is 0.531. The Labute approximate surface area is 88.6 Å². The average Bonchev–Trinajstić information content (AvgIpc) is 2.92. The van der Waals surface area contributed by atoms with Crippen LogP contribution in [0.5, 0.6) is 0 Å². The highest BCUT2D eigenvalue weighted by molar-refractivity contribution is 5.97. The Bertz CT molecular complexity index is 381. The molecule has 2 rings (SSSR count). The van der Waals surface area contributed by atoms with E-state index in [0.717, 1.165) is 0 Å². The molecule has 1 fully saturated rings. The van der Waals surface area contributed by atoms with Crippen LogP contribution in [0.3, 0.4) is 0 Å². The second kappa shape index (κ2) is 3.56. The van der Waals surface area contributed by atoms with Crippen LogP contribution in [-0.2, 0) is 7.05 Å². The summed E-state index contributed by atoms with van der Waals surface area (Å²) in [5.41, 5.74) is 6.42. The molecule has 1 aromatic rings. The van der Waals surface area contributed by atoms with Crippen LogP contribution in [0.15, 0.2) is 6.20 Å². The summed E-state index contributed by atoms with van der Waals surface area (Å²) in [6.07, 6.45) is 4.05. The molecule has 5 nitrogen and oxygen atoms in total. The van der Waals surface area contributed by atoms with Gasteiger partial charge in [0.15, 0.2) is 5.69 Å². The largest absolute Gasteiger partial charge is 0.396 e. The van der Waals surface area contributed by atoms with Gasteiger partial charge in [0.25, 0.3) is 5.91 Å². The summed E-state index contributed by atoms with van der Waals surface area (Å²) in [5, 5.41) is 6.94. The molecule has 82 valence electrons. The molecule has 0 saturated heterocycles. The summed E-state index contributed by atoms with van der Waals surface area (Å²) in [5.74, 6) is 0.464. The molecule has 1 atom stereocenters. The molecule has 0 aromatic carbocycles. The van der Waals surface area contributed by atoms with Crippen LogP contribution in [0.1, 0.15) is 30.3 Å². The summed E-state index contributed by atoms with van der Waals surface area (Å²) in [6, 6.07) is 0.221. The minimum absolute atomic E-state index is 0.174. The van der Waals surface area contributed by atoms with Gasteiger partial charge in [0.2, 0.25) is 0 Å². The smallest absolute Gasteiger partial charge is 0.274 e. The summed E-state index contributed by atoms with van der Waals surface area (Å²) < 4.78 is 1.55. The first-order valence-corrected chi connectivity index (χ1v) is 5.18. The Balaban J connectivity index is 2.03. The van der Waals surface area contributed by atoms with Crippen molar-refractivity contribution in [2.24, 2.45) is 13.0 Å². The number of carbonyl (C=O) groups excluding carboxylic acids is 1. The van der Waals surface area contributed by atoms with Gasteiger partial charge in [0, 0.05) is 19.3 Å². The maximum Gasteiger partial charge on any atom is 0.274 e. The molecule has 0 aliphatic heterocycles. The molecule has 1 heterocycles. The van der Waals surface area contributed by atoms with E-state index in [0.29, 0.717) is 17.3 Å². The fourth-order valence-electron chi connectivity index (χ4n) is 1.67. The second-order valence-corrected chi connectivity index (χ2v) is 4.21. The molecule has 5 heteroatoms. The number of nitrogens with two attached hydrogens (primary N) is 1. The molecule has 0 bridgehead atoms. The second-order valence-electron chi connectivity index (χ2n) is 4.21. The van der Waals surface area contributed by atoms with E-state index >= 15 is 0 Å². The third-order valence-corrected chi connectivity index (χ3v) is 2.76. The van der Waals surface area contributed by atoms with Crippen molar-refractivity contribution in [3.05, 3.63) is 11.9 Å². The van der Waals surface area contributed by atoms with Crippen LogP contribution in [0.25, 0.3) is 0 Å². The van der Waals surface area contributed by atoms with Crippen molar-refractivity contribution >= 4 is 11.6 Å². The number of rotatable bonds is 3. The van der Waals surface area contributed by atoms with E-state index in [1.54, 1.807) is 17.9 Å². The van der Waals surface area contributed by atoms with Crippen molar-refractivity contribution in [2.75, 3.05) is 5.73 Å². The fraction of sp³-hybridized carbons (Fsp3) is 0.600. The topological polar surface area (TPSA) is 72.9 Å². The van der Waals surface area contributed by atoms with Gasteiger partial charge in [0.1, 0.15) is 0 Å². The number of carbonyl (C=O) groups is 1. The quantitative estimate of drug-likeness (QED) is 0.761. The molecule has 1 aliphatic carbocycles. The maximum absolute atomic E-state index is 11.8. The lowest BCUT2D eigenvalue weighted by molar-refractivity contribution is 0.0931. The van der Waals surface area contributed by atoms with Crippen LogP contribution in [0.4, 0.5) is 5.69 Å². The van der Waals surface area contributed by atoms with Crippen molar-refractivity contribution < 1.29 is 4.79 Å². The number of anilines is 1. The highest BCUT2D eigenvalue weighted by atomic mass is 16.2. The van der Waals surface area contributed by atoms with Gasteiger partial charge < -0.3 is 11.1 Å². The standard InChI is InChI=1S/C10H16N4O/c1-6(7-3-4-7)12-10(15)9-8(11)5-14(2)13-9/h5-7H,3-4,11H2,1-2H3,(H,12,15). The van der Waals surface area contributed by atoms with Gasteiger partial charge in [-0.05, 0) is 25.7 Å². The lowest BCUT2D eigenvalue weighted by Crippen LogP contribution is -2.34. The number of aromatic nitrogens is 2. The van der Waals surface area contributed by atoms with Crippen molar-refractivity contribution in [3.63, 3.8) is 0 Å². The molecule has 3 N–H and O–H groups in total. The van der Waals surface area contributed by atoms with Gasteiger partial charge in [-0.3, -0.25) is 9.48 Å². The van der Waals surface area contributed by atoms with Gasteiger partial charge in [0.05, 0.1) is 5.69 Å². The molecule has 1 amide bonds. The molecule has 0 spiro atoms. The average molecular weight is 208 g/mol. The number of hydrogen-bond acceptors (Lipinski definition) is 3. The zero-order valence-corrected chi connectivity index (χ0v) is 9.03. The minimum Gasteiger partial charge on any atom is -0.396 e. The van der Waals surface area contributed by atoms with Gasteiger partial charge in [-0.15, -0.1) is 0 Å². The van der Waals surface area contributed by atoms with Gasteiger partial charge >= 0.3 is 0 Å². The third-order valence-electron chi connectivity index (χ3n) is 2.76. The third kappa shape index (κ3) is 2.11. The van der Waals surface area contributed by atoms with Crippen LogP contribution in [-0.4, -0.2) is 21.7 Å². The predicted molar refractivity (Wildman–Crippen MR) is 57.3 cm³/mol. The maximum atomic E-state index is 11.8. The highest BCUT2D eigenvalue weighted by Gasteiger charge is 2.29. The summed E-state index contributed by atoms with van der Waals surface area (Å²) in [4.78, 5) is 11.8. The molecule has 1 saturated carbocycles. The molecule has 1 aliphatic rings. The van der Waals surface area contributed by atoms with E-state index in [9.17, 15) is 4.79 Å². The van der Waals surface area contributed by atoms with E-state index in [1.165, 1.54) is 12.8 Å². The number of nitrogens with zero attached hydrogens (tertiary/aromatic N) is 2. The van der Waals surface area contributed by atoms with E-state index in [2.05, 4.69) is 10.4 Å². The van der Waals surface area contributed by atoms with Crippen LogP contribution in [0, 0.1) is 5.92 Å². The first-order chi connectivity index (χ1) is 7.08. The zero-order valence-electron chi connectivity index (χ0n) is 9.03. The lowest BCUT2D eigenvalue weighted by atomic mass is 10.2.